The predicted octanol–water partition coefficient (Wildman–Crippen LogP) is 4.71. The summed E-state index contributed by atoms with van der Waals surface area (Å²) in [6.45, 7) is 2.01. The molecule has 1 saturated carbocycles. The number of aryl methyl sites for hydroxylation is 1. The normalized spacial score (nSPS) is 17.5. The summed E-state index contributed by atoms with van der Waals surface area (Å²) < 4.78 is 57.4. The molecule has 0 N–H and O–H groups in total. The molecule has 11 nitrogen and oxygen atoms in total. The first-order chi connectivity index (χ1) is 20.2. The summed E-state index contributed by atoms with van der Waals surface area (Å²) in [5.41, 5.74) is 1.54. The van der Waals surface area contributed by atoms with Gasteiger partial charge in [0.15, 0.2) is 17.1 Å². The number of benzene rings is 1. The second-order valence-corrected chi connectivity index (χ2v) is 10.5. The van der Waals surface area contributed by atoms with E-state index in [2.05, 4.69) is 20.1 Å². The van der Waals surface area contributed by atoms with Gasteiger partial charge in [0.2, 0.25) is 5.88 Å². The number of carbonyl (C=O) groups is 1. The summed E-state index contributed by atoms with van der Waals surface area (Å²) >= 11 is 0. The number of halogens is 3. The molecule has 3 aliphatic rings. The third-order valence-electron chi connectivity index (χ3n) is 7.61. The van der Waals surface area contributed by atoms with E-state index < -0.39 is 23.6 Å². The minimum Gasteiger partial charge on any atom is -0.480 e. The predicted molar refractivity (Wildman–Crippen MR) is 140 cm³/mol. The van der Waals surface area contributed by atoms with Gasteiger partial charge in [0.1, 0.15) is 17.7 Å². The summed E-state index contributed by atoms with van der Waals surface area (Å²) in [5, 5.41) is 3.70. The molecule has 1 spiro atoms. The standard InChI is InChI=1S/C28H24F3N7O4/c1-15-9-20(28(29,30)31)36-38(15)18-7-3-16(4-8-18)11-37-24-19(27(12-41-13-27)42-26(37)39)10-32-23(35-24)21-22(17-5-6-17)33-14-34-25(21)40-2/h3-4,7-10,14,17H,5-6,11-13H2,1-2H3. The Kier molecular flexibility index (Phi) is 5.94. The molecule has 2 aliphatic heterocycles. The number of fused-ring (bicyclic) bond motifs is 2. The van der Waals surface area contributed by atoms with E-state index in [-0.39, 0.29) is 25.7 Å². The molecule has 4 aromatic rings. The van der Waals surface area contributed by atoms with Crippen molar-refractivity contribution in [2.24, 2.45) is 0 Å². The number of alkyl halides is 3. The molecule has 1 aliphatic carbocycles. The van der Waals surface area contributed by atoms with E-state index in [4.69, 9.17) is 19.2 Å². The quantitative estimate of drug-likeness (QED) is 0.320. The number of amides is 1. The van der Waals surface area contributed by atoms with Crippen LogP contribution in [0.15, 0.2) is 42.9 Å². The van der Waals surface area contributed by atoms with Gasteiger partial charge in [-0.15, -0.1) is 0 Å². The number of hydrogen-bond acceptors (Lipinski definition) is 9. The highest BCUT2D eigenvalue weighted by Crippen LogP contribution is 2.47. The lowest BCUT2D eigenvalue weighted by Crippen LogP contribution is -2.56. The highest BCUT2D eigenvalue weighted by atomic mass is 19.4. The molecular weight excluding hydrogens is 555 g/mol. The fraction of sp³-hybridized carbons (Fsp3) is 0.357. The Balaban J connectivity index is 1.25. The lowest BCUT2D eigenvalue weighted by atomic mass is 9.91. The van der Waals surface area contributed by atoms with Crippen molar-refractivity contribution in [1.29, 1.82) is 0 Å². The number of ether oxygens (including phenoxy) is 3. The first-order valence-electron chi connectivity index (χ1n) is 13.2. The monoisotopic (exact) mass is 579 g/mol. The van der Waals surface area contributed by atoms with E-state index in [9.17, 15) is 18.0 Å². The van der Waals surface area contributed by atoms with Gasteiger partial charge in [-0.3, -0.25) is 4.90 Å². The largest absolute Gasteiger partial charge is 0.480 e. The fourth-order valence-electron chi connectivity index (χ4n) is 5.24. The van der Waals surface area contributed by atoms with E-state index in [1.807, 2.05) is 0 Å². The van der Waals surface area contributed by atoms with E-state index in [0.29, 0.717) is 45.6 Å². The van der Waals surface area contributed by atoms with E-state index in [0.717, 1.165) is 24.6 Å². The summed E-state index contributed by atoms with van der Waals surface area (Å²) in [7, 11) is 1.52. The first-order valence-corrected chi connectivity index (χ1v) is 13.2. The van der Waals surface area contributed by atoms with Crippen LogP contribution in [-0.4, -0.2) is 56.1 Å². The van der Waals surface area contributed by atoms with Crippen LogP contribution < -0.4 is 9.64 Å². The van der Waals surface area contributed by atoms with Crippen LogP contribution in [0.1, 0.15) is 47.0 Å². The molecule has 1 amide bonds. The van der Waals surface area contributed by atoms with Crippen molar-refractivity contribution in [1.82, 2.24) is 29.7 Å². The zero-order valence-electron chi connectivity index (χ0n) is 22.6. The van der Waals surface area contributed by atoms with Gasteiger partial charge < -0.3 is 14.2 Å². The molecule has 1 saturated heterocycles. The second kappa shape index (κ2) is 9.48. The first kappa shape index (κ1) is 26.3. The summed E-state index contributed by atoms with van der Waals surface area (Å²) in [4.78, 5) is 33.0. The molecule has 0 radical (unpaired) electrons. The van der Waals surface area contributed by atoms with Crippen molar-refractivity contribution < 1.29 is 32.2 Å². The topological polar surface area (TPSA) is 117 Å². The third-order valence-corrected chi connectivity index (χ3v) is 7.61. The van der Waals surface area contributed by atoms with Gasteiger partial charge in [-0.25, -0.2) is 29.4 Å². The van der Waals surface area contributed by atoms with Gasteiger partial charge in [0.25, 0.3) is 0 Å². The average Bonchev–Trinajstić information content (AvgIpc) is 3.73. The Morgan fingerprint density at radius 2 is 1.88 bits per heavy atom. The third kappa shape index (κ3) is 4.33. The van der Waals surface area contributed by atoms with Gasteiger partial charge in [-0.05, 0) is 43.5 Å². The van der Waals surface area contributed by atoms with Gasteiger partial charge in [0.05, 0.1) is 43.8 Å². The Bertz CT molecular complexity index is 1700. The average molecular weight is 580 g/mol. The highest BCUT2D eigenvalue weighted by Gasteiger charge is 2.52. The molecular formula is C28H24F3N7O4. The Morgan fingerprint density at radius 3 is 2.50 bits per heavy atom. The van der Waals surface area contributed by atoms with Gasteiger partial charge in [0, 0.05) is 17.8 Å². The van der Waals surface area contributed by atoms with Crippen LogP contribution in [0, 0.1) is 6.92 Å². The fourth-order valence-corrected chi connectivity index (χ4v) is 5.24. The van der Waals surface area contributed by atoms with Crippen LogP contribution in [-0.2, 0) is 27.8 Å². The molecule has 0 unspecified atom stereocenters. The minimum absolute atomic E-state index is 0.0866. The minimum atomic E-state index is -4.54. The van der Waals surface area contributed by atoms with Crippen molar-refractivity contribution >= 4 is 11.9 Å². The molecule has 42 heavy (non-hydrogen) atoms. The van der Waals surface area contributed by atoms with Crippen LogP contribution in [0.3, 0.4) is 0 Å². The van der Waals surface area contributed by atoms with Crippen molar-refractivity contribution in [3.05, 3.63) is 71.1 Å². The molecule has 3 aromatic heterocycles. The van der Waals surface area contributed by atoms with E-state index >= 15 is 0 Å². The van der Waals surface area contributed by atoms with Crippen LogP contribution in [0.4, 0.5) is 23.8 Å². The second-order valence-electron chi connectivity index (χ2n) is 10.5. The Hall–Kier alpha value is -4.59. The molecule has 7 rings (SSSR count). The van der Waals surface area contributed by atoms with Gasteiger partial charge in [-0.2, -0.15) is 18.3 Å². The molecule has 216 valence electrons. The van der Waals surface area contributed by atoms with Crippen LogP contribution in [0.5, 0.6) is 5.88 Å². The van der Waals surface area contributed by atoms with E-state index in [1.165, 1.54) is 23.0 Å². The van der Waals surface area contributed by atoms with Gasteiger partial charge >= 0.3 is 12.3 Å². The molecule has 0 bridgehead atoms. The maximum Gasteiger partial charge on any atom is 0.435 e. The van der Waals surface area contributed by atoms with Gasteiger partial charge in [-0.1, -0.05) is 12.1 Å². The Morgan fingerprint density at radius 1 is 1.12 bits per heavy atom. The number of nitrogens with zero attached hydrogens (tertiary/aromatic N) is 7. The summed E-state index contributed by atoms with van der Waals surface area (Å²) in [6.07, 6.45) is -0.0696. The maximum atomic E-state index is 13.4. The van der Waals surface area contributed by atoms with Crippen LogP contribution >= 0.6 is 0 Å². The maximum absolute atomic E-state index is 13.4. The van der Waals surface area contributed by atoms with Crippen LogP contribution in [0.25, 0.3) is 17.1 Å². The number of anilines is 1. The molecule has 5 heterocycles. The van der Waals surface area contributed by atoms with Crippen molar-refractivity contribution in [3.63, 3.8) is 0 Å². The van der Waals surface area contributed by atoms with Crippen LogP contribution in [0.2, 0.25) is 0 Å². The number of methoxy groups -OCH3 is 1. The molecule has 2 fully saturated rings. The lowest BCUT2D eigenvalue weighted by molar-refractivity contribution is -0.186. The number of rotatable bonds is 6. The van der Waals surface area contributed by atoms with Crippen molar-refractivity contribution in [3.8, 4) is 23.0 Å². The van der Waals surface area contributed by atoms with Crippen molar-refractivity contribution in [2.45, 2.75) is 44.0 Å². The molecule has 0 atom stereocenters. The SMILES string of the molecule is COc1ncnc(C2CC2)c1-c1ncc2c(n1)N(Cc1ccc(-n3nc(C(F)(F)F)cc3C)cc1)C(=O)OC21COC1. The summed E-state index contributed by atoms with van der Waals surface area (Å²) in [6, 6.07) is 7.72. The Labute approximate surface area is 237 Å². The van der Waals surface area contributed by atoms with Crippen molar-refractivity contribution in [2.75, 3.05) is 25.2 Å². The number of carbonyl (C=O) groups excluding carboxylic acids is 1. The number of hydrogen-bond donors (Lipinski definition) is 0. The summed E-state index contributed by atoms with van der Waals surface area (Å²) in [5.74, 6) is 1.30. The number of aromatic nitrogens is 6. The molecule has 14 heteroatoms. The smallest absolute Gasteiger partial charge is 0.435 e. The lowest BCUT2D eigenvalue weighted by Gasteiger charge is -2.46. The van der Waals surface area contributed by atoms with E-state index in [1.54, 1.807) is 37.4 Å². The zero-order chi connectivity index (χ0) is 29.2. The zero-order valence-corrected chi connectivity index (χ0v) is 22.6. The molecule has 1 aromatic carbocycles. The highest BCUT2D eigenvalue weighted by molar-refractivity contribution is 5.90.